The van der Waals surface area contributed by atoms with Gasteiger partial charge in [-0.25, -0.2) is 9.38 Å². The van der Waals surface area contributed by atoms with Crippen LogP contribution < -0.4 is 10.9 Å². The second-order valence-electron chi connectivity index (χ2n) is 7.70. The number of nitrogens with zero attached hydrogens (tertiary/aromatic N) is 2. The van der Waals surface area contributed by atoms with E-state index >= 15 is 0 Å². The Morgan fingerprint density at radius 3 is 2.72 bits per heavy atom. The van der Waals surface area contributed by atoms with E-state index in [-0.39, 0.29) is 24.3 Å². The Bertz CT molecular complexity index is 911. The number of benzene rings is 1. The number of carbonyl (C=O) groups excluding carboxylic acids is 1. The van der Waals surface area contributed by atoms with Crippen LogP contribution in [0.4, 0.5) is 4.39 Å². The largest absolute Gasteiger partial charge is 0.438 e. The quantitative estimate of drug-likeness (QED) is 0.738. The number of hydrazine groups is 1. The van der Waals surface area contributed by atoms with Crippen molar-refractivity contribution in [3.05, 3.63) is 35.8 Å². The van der Waals surface area contributed by atoms with Crippen molar-refractivity contribution in [2.24, 2.45) is 10.4 Å². The molecule has 2 aromatic rings. The number of carbonyl (C=O) groups is 1. The molecule has 1 amide bonds. The summed E-state index contributed by atoms with van der Waals surface area (Å²) in [5.74, 6) is -0.255. The lowest BCUT2D eigenvalue weighted by Crippen LogP contribution is -2.40. The number of halogens is 1. The molecule has 1 saturated carbocycles. The number of amides is 1. The first-order chi connectivity index (χ1) is 14.1. The number of nitrogens with one attached hydrogen (secondary N) is 3. The number of fused-ring (bicyclic) bond motifs is 1. The van der Waals surface area contributed by atoms with Gasteiger partial charge in [-0.3, -0.25) is 10.2 Å². The van der Waals surface area contributed by atoms with Crippen molar-refractivity contribution >= 4 is 22.8 Å². The van der Waals surface area contributed by atoms with E-state index in [1.54, 1.807) is 12.1 Å². The predicted octanol–water partition coefficient (Wildman–Crippen LogP) is 3.21. The van der Waals surface area contributed by atoms with Gasteiger partial charge in [0.1, 0.15) is 12.4 Å². The highest BCUT2D eigenvalue weighted by atomic mass is 19.1. The normalized spacial score (nSPS) is 23.5. The summed E-state index contributed by atoms with van der Waals surface area (Å²) in [7, 11) is 0. The summed E-state index contributed by atoms with van der Waals surface area (Å²) >= 11 is 0. The molecule has 2 aliphatic heterocycles. The number of aliphatic imine (C=N–C) groups is 1. The van der Waals surface area contributed by atoms with Gasteiger partial charge in [-0.2, -0.15) is 5.43 Å². The molecule has 0 bridgehead atoms. The molecular weight excluding hydrogens is 373 g/mol. The molecule has 3 N–H and O–H groups in total. The van der Waals surface area contributed by atoms with E-state index in [4.69, 9.17) is 4.74 Å². The highest BCUT2D eigenvalue weighted by molar-refractivity contribution is 5.83. The third kappa shape index (κ3) is 4.07. The number of aromatic amines is 1. The molecule has 3 heterocycles. The van der Waals surface area contributed by atoms with Crippen molar-refractivity contribution in [1.82, 2.24) is 20.7 Å². The van der Waals surface area contributed by atoms with Gasteiger partial charge in [0.15, 0.2) is 0 Å². The Morgan fingerprint density at radius 1 is 1.28 bits per heavy atom. The van der Waals surface area contributed by atoms with E-state index in [1.165, 1.54) is 18.9 Å². The first kappa shape index (κ1) is 19.7. The summed E-state index contributed by atoms with van der Waals surface area (Å²) in [4.78, 5) is 21.6. The van der Waals surface area contributed by atoms with Crippen LogP contribution in [0, 0.1) is 11.2 Å². The summed E-state index contributed by atoms with van der Waals surface area (Å²) in [6.07, 6.45) is 4.35. The fourth-order valence-electron chi connectivity index (χ4n) is 3.94. The molecule has 3 aliphatic rings. The number of H-pyrrole nitrogens is 1. The topological polar surface area (TPSA) is 81.8 Å². The fourth-order valence-corrected chi connectivity index (χ4v) is 3.94. The van der Waals surface area contributed by atoms with Crippen molar-refractivity contribution in [3.63, 3.8) is 0 Å². The second-order valence-corrected chi connectivity index (χ2v) is 7.70. The Balaban J connectivity index is 0.000000994. The number of piperidine rings is 1. The maximum absolute atomic E-state index is 13.8. The van der Waals surface area contributed by atoms with Gasteiger partial charge in [-0.1, -0.05) is 19.9 Å². The molecule has 8 heteroatoms. The van der Waals surface area contributed by atoms with Crippen LogP contribution in [0.1, 0.15) is 51.5 Å². The van der Waals surface area contributed by atoms with E-state index in [0.717, 1.165) is 25.9 Å². The average Bonchev–Trinajstić information content (AvgIpc) is 3.16. The van der Waals surface area contributed by atoms with Crippen LogP contribution in [0.15, 0.2) is 29.3 Å². The van der Waals surface area contributed by atoms with Crippen LogP contribution in [0.25, 0.3) is 10.9 Å². The lowest BCUT2D eigenvalue weighted by Gasteiger charge is -2.31. The zero-order valence-corrected chi connectivity index (χ0v) is 16.9. The summed E-state index contributed by atoms with van der Waals surface area (Å²) in [6.45, 7) is 5.73. The molecule has 156 valence electrons. The Hall–Kier alpha value is -2.61. The van der Waals surface area contributed by atoms with Crippen molar-refractivity contribution < 1.29 is 13.9 Å². The maximum atomic E-state index is 13.8. The number of rotatable bonds is 3. The molecular formula is C21H28FN5O2. The van der Waals surface area contributed by atoms with E-state index in [9.17, 15) is 9.18 Å². The predicted molar refractivity (Wildman–Crippen MR) is 109 cm³/mol. The van der Waals surface area contributed by atoms with E-state index < -0.39 is 6.23 Å². The van der Waals surface area contributed by atoms with Crippen molar-refractivity contribution in [3.8, 4) is 0 Å². The molecule has 1 unspecified atom stereocenters. The molecule has 0 radical (unpaired) electrons. The monoisotopic (exact) mass is 401 g/mol. The first-order valence-corrected chi connectivity index (χ1v) is 10.4. The highest BCUT2D eigenvalue weighted by Gasteiger charge is 2.45. The molecule has 29 heavy (non-hydrogen) atoms. The third-order valence-corrected chi connectivity index (χ3v) is 5.95. The number of ether oxygens (including phenoxy) is 1. The van der Waals surface area contributed by atoms with E-state index in [2.05, 4.69) is 20.8 Å². The van der Waals surface area contributed by atoms with Crippen LogP contribution in [0.5, 0.6) is 0 Å². The van der Waals surface area contributed by atoms with Crippen LogP contribution in [-0.2, 0) is 9.53 Å². The Morgan fingerprint density at radius 2 is 2.03 bits per heavy atom. The van der Waals surface area contributed by atoms with Gasteiger partial charge >= 0.3 is 6.02 Å². The molecule has 5 rings (SSSR count). The maximum Gasteiger partial charge on any atom is 0.302 e. The SMILES string of the molecule is CC.O=C(CN=C1NNC(c2cc3c(F)cccc3[nH]2)O1)N1CCC2(CC1)CC2. The molecule has 1 aromatic heterocycles. The fraction of sp³-hybridized carbons (Fsp3) is 0.524. The zero-order chi connectivity index (χ0) is 20.4. The van der Waals surface area contributed by atoms with E-state index in [0.29, 0.717) is 22.0 Å². The van der Waals surface area contributed by atoms with Crippen LogP contribution in [0.2, 0.25) is 0 Å². The van der Waals surface area contributed by atoms with Gasteiger partial charge in [-0.05, 0) is 49.3 Å². The minimum atomic E-state index is -0.518. The molecule has 1 aromatic carbocycles. The van der Waals surface area contributed by atoms with Gasteiger partial charge in [-0.15, -0.1) is 0 Å². The smallest absolute Gasteiger partial charge is 0.302 e. The number of aromatic nitrogens is 1. The third-order valence-electron chi connectivity index (χ3n) is 5.95. The zero-order valence-electron chi connectivity index (χ0n) is 16.9. The minimum Gasteiger partial charge on any atom is -0.438 e. The van der Waals surface area contributed by atoms with Gasteiger partial charge in [0.05, 0.1) is 5.69 Å². The van der Waals surface area contributed by atoms with Crippen LogP contribution in [0.3, 0.4) is 0 Å². The van der Waals surface area contributed by atoms with Gasteiger partial charge in [0.2, 0.25) is 12.1 Å². The van der Waals surface area contributed by atoms with Gasteiger partial charge in [0, 0.05) is 24.0 Å². The number of hydrogen-bond donors (Lipinski definition) is 3. The Labute approximate surface area is 169 Å². The molecule has 1 aliphatic carbocycles. The number of likely N-dealkylation sites (tertiary alicyclic amines) is 1. The van der Waals surface area contributed by atoms with E-state index in [1.807, 2.05) is 24.8 Å². The lowest BCUT2D eigenvalue weighted by atomic mass is 9.94. The van der Waals surface area contributed by atoms with Gasteiger partial charge < -0.3 is 14.6 Å². The lowest BCUT2D eigenvalue weighted by molar-refractivity contribution is -0.131. The molecule has 1 spiro atoms. The summed E-state index contributed by atoms with van der Waals surface area (Å²) in [5.41, 5.74) is 7.72. The molecule has 3 fully saturated rings. The van der Waals surface area contributed by atoms with Crippen LogP contribution >= 0.6 is 0 Å². The van der Waals surface area contributed by atoms with Crippen LogP contribution in [-0.4, -0.2) is 41.4 Å². The Kier molecular flexibility index (Phi) is 5.45. The molecule has 2 saturated heterocycles. The standard InChI is InChI=1S/C19H22FN5O2.C2H6/c20-13-2-1-3-14-12(13)10-15(22-14)17-23-24-18(27-17)21-11-16(26)25-8-6-19(4-5-19)7-9-25;1-2/h1-3,10,17,22-23H,4-9,11H2,(H,21,24);1-2H3. The van der Waals surface area contributed by atoms with Crippen molar-refractivity contribution in [2.75, 3.05) is 19.6 Å². The van der Waals surface area contributed by atoms with Crippen molar-refractivity contribution in [1.29, 1.82) is 0 Å². The summed E-state index contributed by atoms with van der Waals surface area (Å²) in [5, 5.41) is 0.511. The highest BCUT2D eigenvalue weighted by Crippen LogP contribution is 2.53. The van der Waals surface area contributed by atoms with Gasteiger partial charge in [0.25, 0.3) is 0 Å². The van der Waals surface area contributed by atoms with Crippen molar-refractivity contribution in [2.45, 2.75) is 45.8 Å². The average molecular weight is 401 g/mol. The molecule has 1 atom stereocenters. The molecule has 7 nitrogen and oxygen atoms in total. The summed E-state index contributed by atoms with van der Waals surface area (Å²) < 4.78 is 19.5. The number of amidine groups is 1. The minimum absolute atomic E-state index is 0.0273. The summed E-state index contributed by atoms with van der Waals surface area (Å²) in [6, 6.07) is 6.86. The first-order valence-electron chi connectivity index (χ1n) is 10.4. The number of hydrogen-bond acceptors (Lipinski definition) is 4. The second kappa shape index (κ2) is 8.02.